The number of fused-ring (bicyclic) bond motifs is 1. The van der Waals surface area contributed by atoms with Crippen LogP contribution in [0.2, 0.25) is 0 Å². The molecular weight excluding hydrogens is 395 g/mol. The Balaban J connectivity index is 1.46. The van der Waals surface area contributed by atoms with Gasteiger partial charge in [0.2, 0.25) is 0 Å². The molecule has 0 heterocycles. The molecule has 0 amide bonds. The summed E-state index contributed by atoms with van der Waals surface area (Å²) in [7, 11) is -2.68. The first kappa shape index (κ1) is 20.5. The van der Waals surface area contributed by atoms with Crippen LogP contribution < -0.4 is 10.6 Å². The standard InChI is InChI=1S/C29H31OP/c30-31(25-14-6-2-7-15-25,26-16-8-3-9-17-26)21-20-24-22-29(23-12-4-1-5-13-23)28-19-11-10-18-27(24)28/h2-3,6-11,14-19,22-23,29H,1,4-5,12-13,20-21H2. The molecule has 0 spiro atoms. The summed E-state index contributed by atoms with van der Waals surface area (Å²) in [5, 5.41) is 1.94. The molecule has 1 atom stereocenters. The Kier molecular flexibility index (Phi) is 5.97. The van der Waals surface area contributed by atoms with Crippen LogP contribution in [-0.4, -0.2) is 6.16 Å². The fraction of sp³-hybridized carbons (Fsp3) is 0.310. The average molecular weight is 427 g/mol. The minimum Gasteiger partial charge on any atom is -0.314 e. The maximum atomic E-state index is 14.4. The first-order valence-corrected chi connectivity index (χ1v) is 13.7. The van der Waals surface area contributed by atoms with E-state index in [1.165, 1.54) is 48.8 Å². The summed E-state index contributed by atoms with van der Waals surface area (Å²) >= 11 is 0. The smallest absolute Gasteiger partial charge is 0.143 e. The summed E-state index contributed by atoms with van der Waals surface area (Å²) in [5.74, 6) is 1.31. The van der Waals surface area contributed by atoms with Gasteiger partial charge >= 0.3 is 0 Å². The summed E-state index contributed by atoms with van der Waals surface area (Å²) in [5.41, 5.74) is 4.29. The molecule has 0 bridgehead atoms. The van der Waals surface area contributed by atoms with Crippen LogP contribution in [0, 0.1) is 5.92 Å². The fourth-order valence-corrected chi connectivity index (χ4v) is 8.28. The van der Waals surface area contributed by atoms with Gasteiger partial charge in [0.05, 0.1) is 0 Å². The van der Waals surface area contributed by atoms with Crippen molar-refractivity contribution in [2.75, 3.05) is 6.16 Å². The van der Waals surface area contributed by atoms with Gasteiger partial charge < -0.3 is 4.57 Å². The predicted octanol–water partition coefficient (Wildman–Crippen LogP) is 7.15. The Morgan fingerprint density at radius 1 is 0.710 bits per heavy atom. The van der Waals surface area contributed by atoms with Gasteiger partial charge in [-0.05, 0) is 41.9 Å². The van der Waals surface area contributed by atoms with E-state index in [0.717, 1.165) is 22.9 Å². The van der Waals surface area contributed by atoms with Crippen LogP contribution in [0.5, 0.6) is 0 Å². The summed E-state index contributed by atoms with van der Waals surface area (Å²) in [4.78, 5) is 0. The topological polar surface area (TPSA) is 17.1 Å². The quantitative estimate of drug-likeness (QED) is 0.383. The molecule has 2 aliphatic carbocycles. The first-order chi connectivity index (χ1) is 15.3. The van der Waals surface area contributed by atoms with Gasteiger partial charge in [0.1, 0.15) is 7.14 Å². The third kappa shape index (κ3) is 4.09. The second kappa shape index (κ2) is 9.01. The van der Waals surface area contributed by atoms with Crippen molar-refractivity contribution < 1.29 is 4.57 Å². The Hall–Kier alpha value is -2.37. The maximum Gasteiger partial charge on any atom is 0.143 e. The second-order valence-corrected chi connectivity index (χ2v) is 12.0. The molecule has 2 heteroatoms. The summed E-state index contributed by atoms with van der Waals surface area (Å²) in [6, 6.07) is 29.1. The van der Waals surface area contributed by atoms with Crippen molar-refractivity contribution in [1.29, 1.82) is 0 Å². The lowest BCUT2D eigenvalue weighted by Crippen LogP contribution is -2.18. The van der Waals surface area contributed by atoms with Crippen LogP contribution in [-0.2, 0) is 4.57 Å². The van der Waals surface area contributed by atoms with Crippen molar-refractivity contribution in [1.82, 2.24) is 0 Å². The van der Waals surface area contributed by atoms with E-state index in [0.29, 0.717) is 12.1 Å². The van der Waals surface area contributed by atoms with Crippen LogP contribution in [0.4, 0.5) is 0 Å². The minimum absolute atomic E-state index is 0.541. The van der Waals surface area contributed by atoms with Gasteiger partial charge in [0.25, 0.3) is 0 Å². The highest BCUT2D eigenvalue weighted by Gasteiger charge is 2.32. The minimum atomic E-state index is -2.68. The van der Waals surface area contributed by atoms with Crippen LogP contribution in [0.1, 0.15) is 55.6 Å². The first-order valence-electron chi connectivity index (χ1n) is 11.8. The molecule has 3 aromatic rings. The van der Waals surface area contributed by atoms with E-state index < -0.39 is 7.14 Å². The van der Waals surface area contributed by atoms with E-state index in [2.05, 4.69) is 30.3 Å². The zero-order valence-electron chi connectivity index (χ0n) is 18.1. The third-order valence-corrected chi connectivity index (χ3v) is 10.4. The highest BCUT2D eigenvalue weighted by molar-refractivity contribution is 7.78. The molecular formula is C29H31OP. The van der Waals surface area contributed by atoms with Gasteiger partial charge in [-0.15, -0.1) is 0 Å². The van der Waals surface area contributed by atoms with Crippen molar-refractivity contribution in [3.8, 4) is 0 Å². The van der Waals surface area contributed by atoms with Crippen molar-refractivity contribution in [2.24, 2.45) is 5.92 Å². The van der Waals surface area contributed by atoms with E-state index in [9.17, 15) is 4.57 Å². The van der Waals surface area contributed by atoms with E-state index >= 15 is 0 Å². The summed E-state index contributed by atoms with van der Waals surface area (Å²) in [6.45, 7) is 0. The molecule has 0 saturated heterocycles. The third-order valence-electron chi connectivity index (χ3n) is 7.25. The van der Waals surface area contributed by atoms with Gasteiger partial charge in [0, 0.05) is 22.7 Å². The molecule has 1 fully saturated rings. The number of hydrogen-bond donors (Lipinski definition) is 0. The number of benzene rings is 3. The lowest BCUT2D eigenvalue weighted by Gasteiger charge is -2.27. The Morgan fingerprint density at radius 3 is 1.94 bits per heavy atom. The average Bonchev–Trinajstić information content (AvgIpc) is 3.23. The molecule has 0 radical (unpaired) electrons. The van der Waals surface area contributed by atoms with Crippen molar-refractivity contribution >= 4 is 23.3 Å². The zero-order chi connectivity index (χ0) is 21.1. The Labute approximate surface area is 186 Å². The second-order valence-electron chi connectivity index (χ2n) is 9.09. The molecule has 0 aliphatic heterocycles. The normalized spacial score (nSPS) is 19.1. The Morgan fingerprint density at radius 2 is 1.29 bits per heavy atom. The number of hydrogen-bond acceptors (Lipinski definition) is 1. The van der Waals surface area contributed by atoms with Crippen molar-refractivity contribution in [3.63, 3.8) is 0 Å². The molecule has 1 nitrogen and oxygen atoms in total. The fourth-order valence-electron chi connectivity index (χ4n) is 5.60. The van der Waals surface area contributed by atoms with Crippen LogP contribution in [0.15, 0.2) is 91.0 Å². The van der Waals surface area contributed by atoms with E-state index in [4.69, 9.17) is 0 Å². The molecule has 1 unspecified atom stereocenters. The predicted molar refractivity (Wildman–Crippen MR) is 133 cm³/mol. The molecule has 1 saturated carbocycles. The zero-order valence-corrected chi connectivity index (χ0v) is 19.0. The SMILES string of the molecule is O=P(CCC1=CC(C2CCCCC2)c2ccccc21)(c1ccccc1)c1ccccc1. The largest absolute Gasteiger partial charge is 0.314 e. The molecule has 2 aliphatic rings. The molecule has 0 N–H and O–H groups in total. The monoisotopic (exact) mass is 426 g/mol. The maximum absolute atomic E-state index is 14.4. The molecule has 31 heavy (non-hydrogen) atoms. The van der Waals surface area contributed by atoms with Gasteiger partial charge in [0.15, 0.2) is 0 Å². The lowest BCUT2D eigenvalue weighted by atomic mass is 9.78. The molecule has 158 valence electrons. The summed E-state index contributed by atoms with van der Waals surface area (Å²) in [6.07, 6.45) is 10.9. The van der Waals surface area contributed by atoms with E-state index in [-0.39, 0.29) is 0 Å². The van der Waals surface area contributed by atoms with Gasteiger partial charge in [-0.1, -0.05) is 110 Å². The molecule has 0 aromatic heterocycles. The van der Waals surface area contributed by atoms with Gasteiger partial charge in [-0.25, -0.2) is 0 Å². The molecule has 5 rings (SSSR count). The van der Waals surface area contributed by atoms with Crippen molar-refractivity contribution in [2.45, 2.75) is 44.4 Å². The van der Waals surface area contributed by atoms with Crippen LogP contribution >= 0.6 is 7.14 Å². The van der Waals surface area contributed by atoms with Crippen LogP contribution in [0.3, 0.4) is 0 Å². The number of allylic oxidation sites excluding steroid dienone is 2. The Bertz CT molecular complexity index is 1050. The van der Waals surface area contributed by atoms with Crippen LogP contribution in [0.25, 0.3) is 5.57 Å². The van der Waals surface area contributed by atoms with Gasteiger partial charge in [-0.3, -0.25) is 0 Å². The summed E-state index contributed by atoms with van der Waals surface area (Å²) < 4.78 is 14.4. The van der Waals surface area contributed by atoms with Gasteiger partial charge in [-0.2, -0.15) is 0 Å². The highest BCUT2D eigenvalue weighted by atomic mass is 31.2. The number of rotatable bonds is 6. The van der Waals surface area contributed by atoms with E-state index in [1.807, 2.05) is 60.7 Å². The van der Waals surface area contributed by atoms with E-state index in [1.54, 1.807) is 0 Å². The van der Waals surface area contributed by atoms with Crippen molar-refractivity contribution in [3.05, 3.63) is 102 Å². The highest BCUT2D eigenvalue weighted by Crippen LogP contribution is 2.49. The lowest BCUT2D eigenvalue weighted by molar-refractivity contribution is 0.334. The molecule has 3 aromatic carbocycles.